The Morgan fingerprint density at radius 2 is 2.25 bits per heavy atom. The van der Waals surface area contributed by atoms with Gasteiger partial charge in [0, 0.05) is 23.4 Å². The molecule has 1 rings (SSSR count). The fraction of sp³-hybridized carbons (Fsp3) is 0.462. The molecule has 1 aromatic rings. The summed E-state index contributed by atoms with van der Waals surface area (Å²) in [4.78, 5) is 11.8. The molecule has 0 radical (unpaired) electrons. The van der Waals surface area contributed by atoms with Crippen molar-refractivity contribution in [1.82, 2.24) is 5.32 Å². The van der Waals surface area contributed by atoms with Gasteiger partial charge >= 0.3 is 0 Å². The van der Waals surface area contributed by atoms with E-state index < -0.39 is 0 Å². The lowest BCUT2D eigenvalue weighted by atomic mass is 10.0. The quantitative estimate of drug-likeness (QED) is 0.870. The lowest BCUT2D eigenvalue weighted by Gasteiger charge is -2.11. The first-order chi connectivity index (χ1) is 7.61. The van der Waals surface area contributed by atoms with E-state index in [0.717, 1.165) is 16.6 Å². The van der Waals surface area contributed by atoms with E-state index in [1.165, 1.54) is 0 Å². The van der Waals surface area contributed by atoms with Gasteiger partial charge in [-0.2, -0.15) is 0 Å². The predicted octanol–water partition coefficient (Wildman–Crippen LogP) is 2.95. The summed E-state index contributed by atoms with van der Waals surface area (Å²) in [6.07, 6.45) is 1.12. The molecule has 0 spiro atoms. The van der Waals surface area contributed by atoms with E-state index in [9.17, 15) is 4.79 Å². The fourth-order valence-electron chi connectivity index (χ4n) is 1.71. The second kappa shape index (κ2) is 6.81. The minimum absolute atomic E-state index is 0.268. The van der Waals surface area contributed by atoms with E-state index in [2.05, 4.69) is 28.2 Å². The van der Waals surface area contributed by atoms with Crippen LogP contribution in [0.5, 0.6) is 0 Å². The first-order valence-corrected chi connectivity index (χ1v) is 6.40. The Kier molecular flexibility index (Phi) is 5.71. The van der Waals surface area contributed by atoms with Crippen LogP contribution in [0.2, 0.25) is 0 Å². The molecule has 0 aliphatic heterocycles. The lowest BCUT2D eigenvalue weighted by Crippen LogP contribution is -2.28. The van der Waals surface area contributed by atoms with Crippen LogP contribution in [-0.2, 0) is 11.2 Å². The number of benzene rings is 1. The minimum atomic E-state index is 0.268. The van der Waals surface area contributed by atoms with Crippen molar-refractivity contribution in [2.24, 2.45) is 0 Å². The summed E-state index contributed by atoms with van der Waals surface area (Å²) in [5.74, 6) is 0.284. The normalized spacial score (nSPS) is 12.4. The van der Waals surface area contributed by atoms with E-state index in [-0.39, 0.29) is 11.8 Å². The predicted molar refractivity (Wildman–Crippen MR) is 70.6 cm³/mol. The van der Waals surface area contributed by atoms with Crippen LogP contribution in [0.3, 0.4) is 0 Å². The maximum Gasteiger partial charge on any atom is 0.138 e. The highest BCUT2D eigenvalue weighted by Crippen LogP contribution is 2.12. The van der Waals surface area contributed by atoms with Crippen molar-refractivity contribution in [3.8, 4) is 0 Å². The summed E-state index contributed by atoms with van der Waals surface area (Å²) in [6.45, 7) is 5.00. The van der Waals surface area contributed by atoms with E-state index in [1.54, 1.807) is 0 Å². The van der Waals surface area contributed by atoms with Crippen LogP contribution < -0.4 is 5.32 Å². The molecule has 0 heterocycles. The van der Waals surface area contributed by atoms with Crippen LogP contribution >= 0.6 is 15.9 Å². The molecule has 0 aliphatic carbocycles. The zero-order valence-electron chi connectivity index (χ0n) is 9.79. The third kappa shape index (κ3) is 4.90. The first kappa shape index (κ1) is 13.4. The second-order valence-corrected chi connectivity index (χ2v) is 4.92. The van der Waals surface area contributed by atoms with Crippen LogP contribution in [0.15, 0.2) is 28.7 Å². The fourth-order valence-corrected chi connectivity index (χ4v) is 2.16. The summed E-state index contributed by atoms with van der Waals surface area (Å²) in [5.41, 5.74) is 1.07. The topological polar surface area (TPSA) is 29.1 Å². The molecule has 0 saturated heterocycles. The zero-order valence-corrected chi connectivity index (χ0v) is 11.4. The number of halogens is 1. The van der Waals surface area contributed by atoms with Crippen molar-refractivity contribution >= 4 is 21.7 Å². The van der Waals surface area contributed by atoms with Crippen LogP contribution in [0.25, 0.3) is 0 Å². The van der Waals surface area contributed by atoms with E-state index in [1.807, 2.05) is 31.2 Å². The summed E-state index contributed by atoms with van der Waals surface area (Å²) >= 11 is 3.40. The average molecular weight is 284 g/mol. The minimum Gasteiger partial charge on any atom is -0.314 e. The molecular formula is C13H18BrNO. The number of nitrogens with one attached hydrogen (secondary N) is 1. The number of hydrogen-bond acceptors (Lipinski definition) is 2. The van der Waals surface area contributed by atoms with Crippen LogP contribution in [0.4, 0.5) is 0 Å². The van der Waals surface area contributed by atoms with Crippen molar-refractivity contribution in [3.05, 3.63) is 34.3 Å². The van der Waals surface area contributed by atoms with Crippen molar-refractivity contribution in [3.63, 3.8) is 0 Å². The van der Waals surface area contributed by atoms with Crippen molar-refractivity contribution in [2.75, 3.05) is 6.54 Å². The van der Waals surface area contributed by atoms with E-state index in [4.69, 9.17) is 0 Å². The molecular weight excluding hydrogens is 266 g/mol. The monoisotopic (exact) mass is 283 g/mol. The highest BCUT2D eigenvalue weighted by Gasteiger charge is 2.08. The van der Waals surface area contributed by atoms with Gasteiger partial charge in [-0.1, -0.05) is 35.0 Å². The zero-order chi connectivity index (χ0) is 12.0. The standard InChI is InChI=1S/C13H18BrNO/c1-3-15-10(2)7-13(16)9-11-5-4-6-12(14)8-11/h4-6,8,10,15H,3,7,9H2,1-2H3. The van der Waals surface area contributed by atoms with Crippen molar-refractivity contribution in [1.29, 1.82) is 0 Å². The molecule has 0 bridgehead atoms. The Bertz CT molecular complexity index is 352. The molecule has 1 aromatic carbocycles. The van der Waals surface area contributed by atoms with Gasteiger partial charge in [0.1, 0.15) is 5.78 Å². The van der Waals surface area contributed by atoms with E-state index in [0.29, 0.717) is 12.8 Å². The highest BCUT2D eigenvalue weighted by molar-refractivity contribution is 9.10. The van der Waals surface area contributed by atoms with Gasteiger partial charge in [0.15, 0.2) is 0 Å². The summed E-state index contributed by atoms with van der Waals surface area (Å²) in [7, 11) is 0. The molecule has 0 aliphatic rings. The van der Waals surface area contributed by atoms with Gasteiger partial charge in [0.05, 0.1) is 0 Å². The number of carbonyl (C=O) groups is 1. The van der Waals surface area contributed by atoms with Gasteiger partial charge in [-0.25, -0.2) is 0 Å². The Balaban J connectivity index is 2.45. The smallest absolute Gasteiger partial charge is 0.138 e. The SMILES string of the molecule is CCNC(C)CC(=O)Cc1cccc(Br)c1. The number of carbonyl (C=O) groups excluding carboxylic acids is 1. The molecule has 0 fully saturated rings. The Morgan fingerprint density at radius 1 is 1.50 bits per heavy atom. The molecule has 2 nitrogen and oxygen atoms in total. The Labute approximate surface area is 106 Å². The average Bonchev–Trinajstić information content (AvgIpc) is 2.17. The van der Waals surface area contributed by atoms with Crippen molar-refractivity contribution < 1.29 is 4.79 Å². The molecule has 3 heteroatoms. The summed E-state index contributed by atoms with van der Waals surface area (Å²) in [6, 6.07) is 8.18. The van der Waals surface area contributed by atoms with Gasteiger partial charge < -0.3 is 5.32 Å². The number of rotatable bonds is 6. The van der Waals surface area contributed by atoms with Crippen LogP contribution in [0.1, 0.15) is 25.8 Å². The molecule has 1 unspecified atom stereocenters. The summed E-state index contributed by atoms with van der Waals surface area (Å²) < 4.78 is 1.03. The molecule has 0 aromatic heterocycles. The number of hydrogen-bond donors (Lipinski definition) is 1. The molecule has 16 heavy (non-hydrogen) atoms. The van der Waals surface area contributed by atoms with Gasteiger partial charge in [0.2, 0.25) is 0 Å². The Morgan fingerprint density at radius 3 is 2.88 bits per heavy atom. The highest BCUT2D eigenvalue weighted by atomic mass is 79.9. The van der Waals surface area contributed by atoms with Gasteiger partial charge in [-0.15, -0.1) is 0 Å². The Hall–Kier alpha value is -0.670. The van der Waals surface area contributed by atoms with E-state index >= 15 is 0 Å². The largest absolute Gasteiger partial charge is 0.314 e. The lowest BCUT2D eigenvalue weighted by molar-refractivity contribution is -0.118. The molecule has 88 valence electrons. The van der Waals surface area contributed by atoms with Crippen LogP contribution in [0, 0.1) is 0 Å². The van der Waals surface area contributed by atoms with Gasteiger partial charge in [0.25, 0.3) is 0 Å². The molecule has 0 saturated carbocycles. The third-order valence-electron chi connectivity index (χ3n) is 2.38. The maximum atomic E-state index is 11.8. The first-order valence-electron chi connectivity index (χ1n) is 5.61. The third-order valence-corrected chi connectivity index (χ3v) is 2.87. The van der Waals surface area contributed by atoms with Gasteiger partial charge in [-0.3, -0.25) is 4.79 Å². The van der Waals surface area contributed by atoms with Gasteiger partial charge in [-0.05, 0) is 31.2 Å². The summed E-state index contributed by atoms with van der Waals surface area (Å²) in [5, 5.41) is 3.24. The van der Waals surface area contributed by atoms with Crippen LogP contribution in [-0.4, -0.2) is 18.4 Å². The number of ketones is 1. The second-order valence-electron chi connectivity index (χ2n) is 4.01. The maximum absolute atomic E-state index is 11.8. The number of Topliss-reactive ketones (excluding diaryl/α,β-unsaturated/α-hetero) is 1. The molecule has 1 N–H and O–H groups in total. The van der Waals surface area contributed by atoms with Crippen molar-refractivity contribution in [2.45, 2.75) is 32.7 Å². The molecule has 1 atom stereocenters. The molecule has 0 amide bonds.